The third-order valence-electron chi connectivity index (χ3n) is 4.68. The number of esters is 1. The van der Waals surface area contributed by atoms with E-state index < -0.39 is 54.5 Å². The summed E-state index contributed by atoms with van der Waals surface area (Å²) in [5.74, 6) is -4.10. The summed E-state index contributed by atoms with van der Waals surface area (Å²) in [4.78, 5) is 37.6. The van der Waals surface area contributed by atoms with Gasteiger partial charge >= 0.3 is 12.1 Å². The number of benzene rings is 1. The van der Waals surface area contributed by atoms with E-state index >= 15 is 0 Å². The van der Waals surface area contributed by atoms with E-state index in [4.69, 9.17) is 4.74 Å². The van der Waals surface area contributed by atoms with Crippen molar-refractivity contribution in [3.8, 4) is 0 Å². The molecule has 0 radical (unpaired) electrons. The Labute approximate surface area is 174 Å². The average Bonchev–Trinajstić information content (AvgIpc) is 2.65. The van der Waals surface area contributed by atoms with Crippen molar-refractivity contribution in [2.45, 2.75) is 64.1 Å². The van der Waals surface area contributed by atoms with Crippen LogP contribution in [0.25, 0.3) is 0 Å². The molecule has 0 aliphatic carbocycles. The van der Waals surface area contributed by atoms with Crippen molar-refractivity contribution in [1.82, 2.24) is 10.2 Å². The van der Waals surface area contributed by atoms with Gasteiger partial charge in [0.05, 0.1) is 25.3 Å². The maximum atomic E-state index is 13.9. The smallest absolute Gasteiger partial charge is 0.411 e. The fourth-order valence-corrected chi connectivity index (χ4v) is 3.15. The van der Waals surface area contributed by atoms with Gasteiger partial charge in [0.2, 0.25) is 5.91 Å². The maximum absolute atomic E-state index is 13.9. The summed E-state index contributed by atoms with van der Waals surface area (Å²) in [6.07, 6.45) is -1.62. The van der Waals surface area contributed by atoms with Gasteiger partial charge in [0, 0.05) is 6.42 Å². The van der Waals surface area contributed by atoms with Gasteiger partial charge in [-0.1, -0.05) is 12.1 Å². The van der Waals surface area contributed by atoms with Gasteiger partial charge in [-0.15, -0.1) is 0 Å². The van der Waals surface area contributed by atoms with E-state index in [-0.39, 0.29) is 6.42 Å². The van der Waals surface area contributed by atoms with Crippen molar-refractivity contribution in [1.29, 1.82) is 0 Å². The van der Waals surface area contributed by atoms with Crippen LogP contribution in [0.15, 0.2) is 24.3 Å². The largest absolute Gasteiger partial charge is 0.465 e. The van der Waals surface area contributed by atoms with E-state index in [1.165, 1.54) is 7.11 Å². The van der Waals surface area contributed by atoms with Gasteiger partial charge in [-0.2, -0.15) is 0 Å². The van der Waals surface area contributed by atoms with Crippen LogP contribution < -0.4 is 5.32 Å². The molecule has 0 bridgehead atoms. The second-order valence-corrected chi connectivity index (χ2v) is 8.36. The summed E-state index contributed by atoms with van der Waals surface area (Å²) in [7, 11) is 1.28. The highest BCUT2D eigenvalue weighted by molar-refractivity contribution is 5.89. The number of rotatable bonds is 4. The van der Waals surface area contributed by atoms with Crippen molar-refractivity contribution in [2.24, 2.45) is 0 Å². The fraction of sp³-hybridized carbons (Fsp3) is 0.571. The lowest BCUT2D eigenvalue weighted by Gasteiger charge is -2.39. The molecule has 1 aliphatic rings. The Morgan fingerprint density at radius 1 is 1.20 bits per heavy atom. The molecule has 1 fully saturated rings. The SMILES string of the molecule is COC(=O)c1ccc([C@H](C)NC(=O)[C@H]2CCC(F)(F)CN2C(=O)OC(C)(C)C)cc1. The number of carbonyl (C=O) groups excluding carboxylic acids is 3. The van der Waals surface area contributed by atoms with Crippen LogP contribution in [-0.4, -0.2) is 54.1 Å². The number of likely N-dealkylation sites (tertiary alicyclic amines) is 1. The summed E-state index contributed by atoms with van der Waals surface area (Å²) in [5.41, 5.74) is 0.200. The Morgan fingerprint density at radius 3 is 2.33 bits per heavy atom. The van der Waals surface area contributed by atoms with Gasteiger partial charge < -0.3 is 14.8 Å². The van der Waals surface area contributed by atoms with E-state index in [0.717, 1.165) is 4.90 Å². The molecule has 7 nitrogen and oxygen atoms in total. The van der Waals surface area contributed by atoms with E-state index in [1.54, 1.807) is 52.0 Å². The van der Waals surface area contributed by atoms with Crippen molar-refractivity contribution < 1.29 is 32.6 Å². The third-order valence-corrected chi connectivity index (χ3v) is 4.68. The van der Waals surface area contributed by atoms with Crippen LogP contribution in [0.3, 0.4) is 0 Å². The quantitative estimate of drug-likeness (QED) is 0.743. The number of ether oxygens (including phenoxy) is 2. The lowest BCUT2D eigenvalue weighted by atomic mass is 9.98. The molecule has 0 spiro atoms. The lowest BCUT2D eigenvalue weighted by molar-refractivity contribution is -0.135. The van der Waals surface area contributed by atoms with E-state index in [1.807, 2.05) is 0 Å². The van der Waals surface area contributed by atoms with E-state index in [2.05, 4.69) is 10.1 Å². The monoisotopic (exact) mass is 426 g/mol. The zero-order valence-corrected chi connectivity index (χ0v) is 17.8. The topological polar surface area (TPSA) is 84.9 Å². The minimum absolute atomic E-state index is 0.175. The standard InChI is InChI=1S/C21H28F2N2O5/c1-13(14-6-8-15(9-7-14)18(27)29-5)24-17(26)16-10-11-21(22,23)12-25(16)19(28)30-20(2,3)4/h6-9,13,16H,10-12H2,1-5H3,(H,24,26)/t13-,16+/m0/s1. The van der Waals surface area contributed by atoms with Crippen molar-refractivity contribution >= 4 is 18.0 Å². The Balaban J connectivity index is 2.12. The number of nitrogens with one attached hydrogen (secondary N) is 1. The van der Waals surface area contributed by atoms with Crippen molar-refractivity contribution in [3.05, 3.63) is 35.4 Å². The number of piperidine rings is 1. The summed E-state index contributed by atoms with van der Waals surface area (Å²) >= 11 is 0. The molecule has 1 N–H and O–H groups in total. The second kappa shape index (κ2) is 8.97. The second-order valence-electron chi connectivity index (χ2n) is 8.36. The van der Waals surface area contributed by atoms with Crippen LogP contribution in [0.2, 0.25) is 0 Å². The van der Waals surface area contributed by atoms with Crippen molar-refractivity contribution in [2.75, 3.05) is 13.7 Å². The number of nitrogens with zero attached hydrogens (tertiary/aromatic N) is 1. The number of amides is 2. The average molecular weight is 426 g/mol. The lowest BCUT2D eigenvalue weighted by Crippen LogP contribution is -2.58. The third kappa shape index (κ3) is 6.14. The number of hydrogen-bond acceptors (Lipinski definition) is 5. The summed E-state index contributed by atoms with van der Waals surface area (Å²) in [5, 5.41) is 2.75. The number of halogens is 2. The Kier molecular flexibility index (Phi) is 7.05. The highest BCUT2D eigenvalue weighted by Gasteiger charge is 2.46. The number of methoxy groups -OCH3 is 1. The van der Waals surface area contributed by atoms with Gasteiger partial charge in [-0.05, 0) is 51.8 Å². The van der Waals surface area contributed by atoms with Crippen LogP contribution in [0.1, 0.15) is 62.5 Å². The fourth-order valence-electron chi connectivity index (χ4n) is 3.15. The first-order valence-electron chi connectivity index (χ1n) is 9.69. The summed E-state index contributed by atoms with van der Waals surface area (Å²) in [6.45, 7) is 5.73. The maximum Gasteiger partial charge on any atom is 0.411 e. The first-order valence-corrected chi connectivity index (χ1v) is 9.69. The predicted molar refractivity (Wildman–Crippen MR) is 105 cm³/mol. The van der Waals surface area contributed by atoms with Crippen LogP contribution in [-0.2, 0) is 14.3 Å². The first-order chi connectivity index (χ1) is 13.8. The zero-order chi connectivity index (χ0) is 22.7. The highest BCUT2D eigenvalue weighted by atomic mass is 19.3. The van der Waals surface area contributed by atoms with E-state index in [9.17, 15) is 23.2 Å². The van der Waals surface area contributed by atoms with Crippen LogP contribution in [0, 0.1) is 0 Å². The normalized spacial score (nSPS) is 19.6. The molecule has 1 aromatic carbocycles. The molecule has 0 unspecified atom stereocenters. The Morgan fingerprint density at radius 2 is 1.80 bits per heavy atom. The van der Waals surface area contributed by atoms with Gasteiger partial charge in [-0.25, -0.2) is 18.4 Å². The van der Waals surface area contributed by atoms with Gasteiger partial charge in [0.15, 0.2) is 0 Å². The Hall–Kier alpha value is -2.71. The first kappa shape index (κ1) is 23.6. The van der Waals surface area contributed by atoms with Crippen LogP contribution in [0.5, 0.6) is 0 Å². The van der Waals surface area contributed by atoms with Crippen molar-refractivity contribution in [3.63, 3.8) is 0 Å². The molecule has 1 heterocycles. The molecule has 30 heavy (non-hydrogen) atoms. The molecule has 0 aromatic heterocycles. The number of hydrogen-bond donors (Lipinski definition) is 1. The van der Waals surface area contributed by atoms with Gasteiger partial charge in [-0.3, -0.25) is 9.69 Å². The minimum atomic E-state index is -3.08. The van der Waals surface area contributed by atoms with Crippen LogP contribution >= 0.6 is 0 Å². The molecule has 2 rings (SSSR count). The predicted octanol–water partition coefficient (Wildman–Crippen LogP) is 3.69. The summed E-state index contributed by atoms with van der Waals surface area (Å²) < 4.78 is 37.7. The molecule has 0 saturated carbocycles. The van der Waals surface area contributed by atoms with E-state index in [0.29, 0.717) is 11.1 Å². The molecule has 1 saturated heterocycles. The molecule has 1 aliphatic heterocycles. The molecule has 166 valence electrons. The molecule has 9 heteroatoms. The molecular formula is C21H28F2N2O5. The zero-order valence-electron chi connectivity index (χ0n) is 17.8. The number of alkyl halides is 2. The van der Waals surface area contributed by atoms with Gasteiger partial charge in [0.1, 0.15) is 11.6 Å². The van der Waals surface area contributed by atoms with Crippen LogP contribution in [0.4, 0.5) is 13.6 Å². The molecule has 2 atom stereocenters. The molecular weight excluding hydrogens is 398 g/mol. The molecule has 1 aromatic rings. The Bertz CT molecular complexity index is 790. The molecule has 2 amide bonds. The highest BCUT2D eigenvalue weighted by Crippen LogP contribution is 2.31. The van der Waals surface area contributed by atoms with Gasteiger partial charge in [0.25, 0.3) is 5.92 Å². The number of carbonyl (C=O) groups is 3. The summed E-state index contributed by atoms with van der Waals surface area (Å²) in [6, 6.07) is 4.94. The minimum Gasteiger partial charge on any atom is -0.465 e.